The van der Waals surface area contributed by atoms with Crippen molar-refractivity contribution in [3.8, 4) is 0 Å². The first-order valence-electron chi connectivity index (χ1n) is 5.47. The van der Waals surface area contributed by atoms with Crippen molar-refractivity contribution in [1.82, 2.24) is 24.8 Å². The molecule has 6 nitrogen and oxygen atoms in total. The molecule has 0 fully saturated rings. The third-order valence-electron chi connectivity index (χ3n) is 2.65. The summed E-state index contributed by atoms with van der Waals surface area (Å²) in [7, 11) is 0. The number of fused-ring (bicyclic) bond motifs is 1. The monoisotopic (exact) mass is 340 g/mol. The molecule has 3 heterocycles. The lowest BCUT2D eigenvalue weighted by Gasteiger charge is -2.13. The minimum absolute atomic E-state index is 0.0680. The highest BCUT2D eigenvalue weighted by Crippen LogP contribution is 2.33. The zero-order chi connectivity index (χ0) is 14.3. The average molecular weight is 341 g/mol. The van der Waals surface area contributed by atoms with Crippen molar-refractivity contribution in [3.63, 3.8) is 0 Å². The summed E-state index contributed by atoms with van der Waals surface area (Å²) in [6, 6.07) is 5.64. The minimum Gasteiger partial charge on any atom is -0.382 e. The number of alkyl halides is 2. The lowest BCUT2D eigenvalue weighted by Crippen LogP contribution is -2.21. The van der Waals surface area contributed by atoms with Crippen LogP contribution in [0.3, 0.4) is 0 Å². The van der Waals surface area contributed by atoms with Crippen LogP contribution in [0, 0.1) is 0 Å². The van der Waals surface area contributed by atoms with Crippen LogP contribution in [0.4, 0.5) is 14.6 Å². The van der Waals surface area contributed by atoms with Gasteiger partial charge in [-0.2, -0.15) is 8.78 Å². The summed E-state index contributed by atoms with van der Waals surface area (Å²) in [5.41, 5.74) is 5.11. The van der Waals surface area contributed by atoms with Crippen molar-refractivity contribution in [2.45, 2.75) is 5.92 Å². The van der Waals surface area contributed by atoms with E-state index < -0.39 is 17.4 Å². The van der Waals surface area contributed by atoms with Crippen LogP contribution in [0.2, 0.25) is 0 Å². The molecular weight excluding hydrogens is 334 g/mol. The van der Waals surface area contributed by atoms with Crippen molar-refractivity contribution >= 4 is 27.4 Å². The van der Waals surface area contributed by atoms with Gasteiger partial charge in [-0.1, -0.05) is 0 Å². The van der Waals surface area contributed by atoms with Gasteiger partial charge in [-0.25, -0.2) is 0 Å². The first-order chi connectivity index (χ1) is 9.48. The maximum absolute atomic E-state index is 14.4. The van der Waals surface area contributed by atoms with Crippen molar-refractivity contribution < 1.29 is 8.78 Å². The summed E-state index contributed by atoms with van der Waals surface area (Å²) in [4.78, 5) is 0. The number of nitrogens with zero attached hydrogens (tertiary/aromatic N) is 5. The van der Waals surface area contributed by atoms with Crippen LogP contribution in [0.5, 0.6) is 0 Å². The fraction of sp³-hybridized carbons (Fsp3) is 0.0909. The molecule has 20 heavy (non-hydrogen) atoms. The molecule has 3 rings (SSSR count). The van der Waals surface area contributed by atoms with Crippen LogP contribution in [-0.4, -0.2) is 24.8 Å². The molecule has 0 saturated heterocycles. The SMILES string of the molecule is Nc1ccc(C(F)(F)c2nnc3ccc(Br)cn23)nn1. The fourth-order valence-corrected chi connectivity index (χ4v) is 2.04. The first kappa shape index (κ1) is 12.9. The standard InChI is InChI=1S/C11H7BrF2N6/c12-6-1-4-9-18-19-10(20(9)5-6)11(13,14)7-2-3-8(15)17-16-7/h1-5H,(H2,15,17). The maximum atomic E-state index is 14.4. The van der Waals surface area contributed by atoms with E-state index in [9.17, 15) is 8.78 Å². The van der Waals surface area contributed by atoms with Gasteiger partial charge in [0, 0.05) is 10.7 Å². The predicted octanol–water partition coefficient (Wildman–Crippen LogP) is 2.00. The molecule has 0 bridgehead atoms. The van der Waals surface area contributed by atoms with Crippen LogP contribution in [-0.2, 0) is 5.92 Å². The molecule has 3 aromatic rings. The minimum atomic E-state index is -3.43. The summed E-state index contributed by atoms with van der Waals surface area (Å²) in [5, 5.41) is 14.1. The zero-order valence-corrected chi connectivity index (χ0v) is 11.4. The Bertz CT molecular complexity index is 770. The normalized spacial score (nSPS) is 11.9. The van der Waals surface area contributed by atoms with E-state index in [4.69, 9.17) is 5.73 Å². The molecule has 9 heteroatoms. The molecule has 0 spiro atoms. The number of pyridine rings is 1. The molecular formula is C11H7BrF2N6. The number of anilines is 1. The summed E-state index contributed by atoms with van der Waals surface area (Å²) < 4.78 is 30.7. The average Bonchev–Trinajstić information content (AvgIpc) is 2.82. The number of halogens is 3. The van der Waals surface area contributed by atoms with Crippen LogP contribution < -0.4 is 5.73 Å². The number of hydrogen-bond acceptors (Lipinski definition) is 5. The smallest absolute Gasteiger partial charge is 0.350 e. The molecule has 0 aromatic carbocycles. The Morgan fingerprint density at radius 2 is 1.85 bits per heavy atom. The summed E-state index contributed by atoms with van der Waals surface area (Å²) in [6.45, 7) is 0. The molecule has 0 aliphatic carbocycles. The first-order valence-corrected chi connectivity index (χ1v) is 6.26. The highest BCUT2D eigenvalue weighted by molar-refractivity contribution is 9.10. The van der Waals surface area contributed by atoms with Crippen molar-refractivity contribution in [1.29, 1.82) is 0 Å². The van der Waals surface area contributed by atoms with Crippen molar-refractivity contribution in [2.75, 3.05) is 5.73 Å². The number of nitrogens with two attached hydrogens (primary N) is 1. The molecule has 2 N–H and O–H groups in total. The zero-order valence-electron chi connectivity index (χ0n) is 9.83. The maximum Gasteiger partial charge on any atom is 0.350 e. The van der Waals surface area contributed by atoms with Crippen LogP contribution in [0.15, 0.2) is 34.9 Å². The third kappa shape index (κ3) is 1.99. The van der Waals surface area contributed by atoms with Gasteiger partial charge >= 0.3 is 5.92 Å². The van der Waals surface area contributed by atoms with E-state index in [1.165, 1.54) is 16.7 Å². The Labute approximate surface area is 119 Å². The van der Waals surface area contributed by atoms with Crippen LogP contribution >= 0.6 is 15.9 Å². The molecule has 0 aliphatic rings. The van der Waals surface area contributed by atoms with Gasteiger partial charge in [0.05, 0.1) is 0 Å². The Morgan fingerprint density at radius 1 is 1.05 bits per heavy atom. The van der Waals surface area contributed by atoms with E-state index in [0.717, 1.165) is 6.07 Å². The largest absolute Gasteiger partial charge is 0.382 e. The molecule has 0 aliphatic heterocycles. The second kappa shape index (κ2) is 4.44. The Balaban J connectivity index is 2.17. The molecule has 0 radical (unpaired) electrons. The lowest BCUT2D eigenvalue weighted by atomic mass is 10.2. The molecule has 0 unspecified atom stereocenters. The van der Waals surface area contributed by atoms with Crippen LogP contribution in [0.1, 0.15) is 11.5 Å². The number of aromatic nitrogens is 5. The predicted molar refractivity (Wildman–Crippen MR) is 70.1 cm³/mol. The van der Waals surface area contributed by atoms with Crippen LogP contribution in [0.25, 0.3) is 5.65 Å². The quantitative estimate of drug-likeness (QED) is 0.771. The van der Waals surface area contributed by atoms with Gasteiger partial charge in [0.15, 0.2) is 5.65 Å². The topological polar surface area (TPSA) is 82.0 Å². The van der Waals surface area contributed by atoms with E-state index in [2.05, 4.69) is 36.3 Å². The summed E-state index contributed by atoms with van der Waals surface area (Å²) in [5.74, 6) is -3.90. The number of hydrogen-bond donors (Lipinski definition) is 1. The molecule has 3 aromatic heterocycles. The number of nitrogen functional groups attached to an aromatic ring is 1. The van der Waals surface area contributed by atoms with Gasteiger partial charge < -0.3 is 5.73 Å². The van der Waals surface area contributed by atoms with Gasteiger partial charge in [-0.05, 0) is 40.2 Å². The Kier molecular flexibility index (Phi) is 2.85. The van der Waals surface area contributed by atoms with E-state index >= 15 is 0 Å². The van der Waals surface area contributed by atoms with Gasteiger partial charge in [-0.15, -0.1) is 20.4 Å². The fourth-order valence-electron chi connectivity index (χ4n) is 1.70. The third-order valence-corrected chi connectivity index (χ3v) is 3.12. The summed E-state index contributed by atoms with van der Waals surface area (Å²) >= 11 is 3.22. The molecule has 0 saturated carbocycles. The number of rotatable bonds is 2. The van der Waals surface area contributed by atoms with Crippen molar-refractivity contribution in [2.24, 2.45) is 0 Å². The Hall–Kier alpha value is -2.16. The van der Waals surface area contributed by atoms with E-state index in [0.29, 0.717) is 10.1 Å². The Morgan fingerprint density at radius 3 is 2.55 bits per heavy atom. The second-order valence-electron chi connectivity index (χ2n) is 4.02. The lowest BCUT2D eigenvalue weighted by molar-refractivity contribution is 0.0261. The van der Waals surface area contributed by atoms with Gasteiger partial charge in [0.1, 0.15) is 11.5 Å². The van der Waals surface area contributed by atoms with Gasteiger partial charge in [0.25, 0.3) is 0 Å². The van der Waals surface area contributed by atoms with Gasteiger partial charge in [0.2, 0.25) is 5.82 Å². The summed E-state index contributed by atoms with van der Waals surface area (Å²) in [6.07, 6.45) is 1.46. The molecule has 102 valence electrons. The molecule has 0 amide bonds. The highest BCUT2D eigenvalue weighted by atomic mass is 79.9. The second-order valence-corrected chi connectivity index (χ2v) is 4.93. The highest BCUT2D eigenvalue weighted by Gasteiger charge is 2.41. The van der Waals surface area contributed by atoms with E-state index in [1.807, 2.05) is 0 Å². The van der Waals surface area contributed by atoms with Gasteiger partial charge in [-0.3, -0.25) is 4.40 Å². The van der Waals surface area contributed by atoms with Crippen molar-refractivity contribution in [3.05, 3.63) is 46.5 Å². The van der Waals surface area contributed by atoms with E-state index in [-0.39, 0.29) is 5.82 Å². The van der Waals surface area contributed by atoms with E-state index in [1.54, 1.807) is 12.1 Å². The molecule has 0 atom stereocenters.